The standard InChI is InChI=1S/C6H14N2S.H2O/c1-2-3-4-5-8-6(7)9;/h2-5H2,1H3,(H3,7,8,9);1H2. The minimum absolute atomic E-state index is 0. The number of unbranched alkanes of at least 4 members (excludes halogenated alkanes) is 2. The van der Waals surface area contributed by atoms with Gasteiger partial charge in [0.15, 0.2) is 5.11 Å². The Hall–Kier alpha value is -0.350. The molecule has 0 amide bonds. The van der Waals surface area contributed by atoms with E-state index >= 15 is 0 Å². The molecular formula is C6H16N2OS. The van der Waals surface area contributed by atoms with Crippen LogP contribution in [-0.4, -0.2) is 17.1 Å². The summed E-state index contributed by atoms with van der Waals surface area (Å²) in [4.78, 5) is 0. The van der Waals surface area contributed by atoms with E-state index in [0.717, 1.165) is 13.0 Å². The van der Waals surface area contributed by atoms with Crippen LogP contribution in [0.25, 0.3) is 0 Å². The summed E-state index contributed by atoms with van der Waals surface area (Å²) in [5.41, 5.74) is 5.20. The van der Waals surface area contributed by atoms with Gasteiger partial charge >= 0.3 is 0 Å². The predicted octanol–water partition coefficient (Wildman–Crippen LogP) is 0.185. The van der Waals surface area contributed by atoms with Crippen LogP contribution in [-0.2, 0) is 0 Å². The van der Waals surface area contributed by atoms with Crippen molar-refractivity contribution in [3.8, 4) is 0 Å². The largest absolute Gasteiger partial charge is 0.412 e. The smallest absolute Gasteiger partial charge is 0.163 e. The fourth-order valence-electron chi connectivity index (χ4n) is 0.587. The summed E-state index contributed by atoms with van der Waals surface area (Å²) in [5.74, 6) is 0. The second-order valence-corrected chi connectivity index (χ2v) is 2.44. The molecule has 0 saturated carbocycles. The molecule has 0 radical (unpaired) electrons. The molecule has 0 aromatic rings. The van der Waals surface area contributed by atoms with Gasteiger partial charge in [-0.15, -0.1) is 0 Å². The molecule has 0 aliphatic heterocycles. The van der Waals surface area contributed by atoms with Gasteiger partial charge in [0.1, 0.15) is 0 Å². The summed E-state index contributed by atoms with van der Waals surface area (Å²) in [6.07, 6.45) is 3.64. The van der Waals surface area contributed by atoms with Crippen LogP contribution >= 0.6 is 12.2 Å². The number of thiocarbonyl (C=S) groups is 1. The van der Waals surface area contributed by atoms with E-state index in [-0.39, 0.29) is 5.48 Å². The molecule has 0 rings (SSSR count). The van der Waals surface area contributed by atoms with E-state index < -0.39 is 0 Å². The van der Waals surface area contributed by atoms with Gasteiger partial charge in [0, 0.05) is 6.54 Å². The monoisotopic (exact) mass is 164 g/mol. The second kappa shape index (κ2) is 8.65. The molecular weight excluding hydrogens is 148 g/mol. The quantitative estimate of drug-likeness (QED) is 0.460. The van der Waals surface area contributed by atoms with Gasteiger partial charge in [-0.05, 0) is 18.6 Å². The highest BCUT2D eigenvalue weighted by molar-refractivity contribution is 7.80. The topological polar surface area (TPSA) is 69.5 Å². The third-order valence-electron chi connectivity index (χ3n) is 1.08. The fourth-order valence-corrected chi connectivity index (χ4v) is 0.689. The maximum atomic E-state index is 5.20. The molecule has 3 nitrogen and oxygen atoms in total. The van der Waals surface area contributed by atoms with Crippen LogP contribution in [0, 0.1) is 0 Å². The van der Waals surface area contributed by atoms with Crippen molar-refractivity contribution in [3.63, 3.8) is 0 Å². The van der Waals surface area contributed by atoms with E-state index in [1.54, 1.807) is 0 Å². The van der Waals surface area contributed by atoms with E-state index in [2.05, 4.69) is 24.5 Å². The average Bonchev–Trinajstić information content (AvgIpc) is 1.80. The Labute approximate surface area is 67.3 Å². The molecule has 62 valence electrons. The molecule has 5 N–H and O–H groups in total. The molecule has 0 aliphatic rings. The molecule has 0 spiro atoms. The maximum absolute atomic E-state index is 5.20. The maximum Gasteiger partial charge on any atom is 0.163 e. The second-order valence-electron chi connectivity index (χ2n) is 2.00. The molecule has 0 aliphatic carbocycles. The van der Waals surface area contributed by atoms with Crippen LogP contribution in [0.3, 0.4) is 0 Å². The predicted molar refractivity (Wildman–Crippen MR) is 47.9 cm³/mol. The summed E-state index contributed by atoms with van der Waals surface area (Å²) >= 11 is 4.61. The Balaban J connectivity index is 0. The van der Waals surface area contributed by atoms with Crippen molar-refractivity contribution in [2.75, 3.05) is 6.54 Å². The first-order valence-corrected chi connectivity index (χ1v) is 3.71. The lowest BCUT2D eigenvalue weighted by molar-refractivity contribution is 0.696. The lowest BCUT2D eigenvalue weighted by Gasteiger charge is -2.00. The first-order valence-electron chi connectivity index (χ1n) is 3.30. The molecule has 0 saturated heterocycles. The van der Waals surface area contributed by atoms with E-state index in [4.69, 9.17) is 5.73 Å². The first kappa shape index (κ1) is 12.3. The molecule has 0 bridgehead atoms. The molecule has 0 atom stereocenters. The normalized spacial score (nSPS) is 8.10. The summed E-state index contributed by atoms with van der Waals surface area (Å²) in [6, 6.07) is 0. The van der Waals surface area contributed by atoms with Gasteiger partial charge in [-0.25, -0.2) is 0 Å². The van der Waals surface area contributed by atoms with Gasteiger partial charge in [0.2, 0.25) is 0 Å². The van der Waals surface area contributed by atoms with Gasteiger partial charge in [-0.3, -0.25) is 0 Å². The number of rotatable bonds is 4. The van der Waals surface area contributed by atoms with Gasteiger partial charge < -0.3 is 16.5 Å². The van der Waals surface area contributed by atoms with Crippen LogP contribution in [0.2, 0.25) is 0 Å². The van der Waals surface area contributed by atoms with Gasteiger partial charge in [-0.1, -0.05) is 19.8 Å². The molecule has 0 fully saturated rings. The van der Waals surface area contributed by atoms with Crippen molar-refractivity contribution < 1.29 is 5.48 Å². The van der Waals surface area contributed by atoms with Crippen molar-refractivity contribution in [3.05, 3.63) is 0 Å². The zero-order chi connectivity index (χ0) is 7.11. The van der Waals surface area contributed by atoms with Crippen molar-refractivity contribution in [2.24, 2.45) is 5.73 Å². The Kier molecular flexibility index (Phi) is 10.7. The van der Waals surface area contributed by atoms with Crippen LogP contribution in [0.15, 0.2) is 0 Å². The summed E-state index contributed by atoms with van der Waals surface area (Å²) < 4.78 is 0. The number of nitrogens with two attached hydrogens (primary N) is 1. The van der Waals surface area contributed by atoms with E-state index in [9.17, 15) is 0 Å². The van der Waals surface area contributed by atoms with Gasteiger partial charge in [-0.2, -0.15) is 0 Å². The molecule has 0 aromatic carbocycles. The first-order chi connectivity index (χ1) is 4.27. The third kappa shape index (κ3) is 10.6. The number of hydrogen-bond donors (Lipinski definition) is 2. The Morgan fingerprint density at radius 3 is 2.50 bits per heavy atom. The Morgan fingerprint density at radius 2 is 2.10 bits per heavy atom. The molecule has 4 heteroatoms. The Bertz CT molecular complexity index is 87.8. The van der Waals surface area contributed by atoms with Crippen molar-refractivity contribution >= 4 is 17.3 Å². The van der Waals surface area contributed by atoms with Crippen LogP contribution < -0.4 is 11.1 Å². The highest BCUT2D eigenvalue weighted by Crippen LogP contribution is 1.90. The molecule has 0 unspecified atom stereocenters. The lowest BCUT2D eigenvalue weighted by atomic mass is 10.2. The van der Waals surface area contributed by atoms with Gasteiger partial charge in [0.05, 0.1) is 0 Å². The van der Waals surface area contributed by atoms with Crippen molar-refractivity contribution in [1.82, 2.24) is 5.32 Å². The van der Waals surface area contributed by atoms with Crippen LogP contribution in [0.4, 0.5) is 0 Å². The summed E-state index contributed by atoms with van der Waals surface area (Å²) in [6.45, 7) is 3.09. The molecule has 10 heavy (non-hydrogen) atoms. The Morgan fingerprint density at radius 1 is 1.50 bits per heavy atom. The van der Waals surface area contributed by atoms with E-state index in [0.29, 0.717) is 5.11 Å². The van der Waals surface area contributed by atoms with Crippen LogP contribution in [0.5, 0.6) is 0 Å². The summed E-state index contributed by atoms with van der Waals surface area (Å²) in [7, 11) is 0. The minimum atomic E-state index is 0. The highest BCUT2D eigenvalue weighted by atomic mass is 32.1. The fraction of sp³-hybridized carbons (Fsp3) is 0.833. The van der Waals surface area contributed by atoms with Gasteiger partial charge in [0.25, 0.3) is 0 Å². The lowest BCUT2D eigenvalue weighted by Crippen LogP contribution is -2.29. The van der Waals surface area contributed by atoms with Crippen molar-refractivity contribution in [2.45, 2.75) is 26.2 Å². The molecule has 0 aromatic heterocycles. The number of hydrogen-bond acceptors (Lipinski definition) is 1. The van der Waals surface area contributed by atoms with E-state index in [1.165, 1.54) is 12.8 Å². The highest BCUT2D eigenvalue weighted by Gasteiger charge is 1.85. The average molecular weight is 164 g/mol. The third-order valence-corrected chi connectivity index (χ3v) is 1.22. The zero-order valence-electron chi connectivity index (χ0n) is 6.31. The molecule has 0 heterocycles. The summed E-state index contributed by atoms with van der Waals surface area (Å²) in [5, 5.41) is 3.30. The van der Waals surface area contributed by atoms with Crippen LogP contribution in [0.1, 0.15) is 26.2 Å². The van der Waals surface area contributed by atoms with E-state index in [1.807, 2.05) is 0 Å². The number of nitrogens with one attached hydrogen (secondary N) is 1. The SMILES string of the molecule is CCCCCNC(N)=S.O. The zero-order valence-corrected chi connectivity index (χ0v) is 7.13. The minimum Gasteiger partial charge on any atom is -0.412 e. The van der Waals surface area contributed by atoms with Crippen molar-refractivity contribution in [1.29, 1.82) is 0 Å².